The largest absolute Gasteiger partial charge is 0.449 e. The van der Waals surface area contributed by atoms with E-state index in [9.17, 15) is 24.0 Å². The van der Waals surface area contributed by atoms with E-state index < -0.39 is 54.1 Å². The summed E-state index contributed by atoms with van der Waals surface area (Å²) in [6.45, 7) is 5.59. The van der Waals surface area contributed by atoms with Crippen molar-refractivity contribution in [3.8, 4) is 11.1 Å². The first kappa shape index (κ1) is 41.8. The molecule has 0 spiro atoms. The smallest absolute Gasteiger partial charge is 0.411 e. The molecule has 55 heavy (non-hydrogen) atoms. The van der Waals surface area contributed by atoms with Gasteiger partial charge in [0.15, 0.2) is 6.10 Å². The number of nitrogens with two attached hydrogens (primary N) is 1. The van der Waals surface area contributed by atoms with Crippen LogP contribution in [0, 0.1) is 5.92 Å². The first-order valence-corrected chi connectivity index (χ1v) is 18.4. The number of halogens is 1. The van der Waals surface area contributed by atoms with E-state index in [1.54, 1.807) is 36.9 Å². The van der Waals surface area contributed by atoms with Crippen LogP contribution in [0.2, 0.25) is 0 Å². The predicted octanol–water partition coefficient (Wildman–Crippen LogP) is 6.09. The zero-order chi connectivity index (χ0) is 39.9. The number of benzene rings is 3. The Morgan fingerprint density at radius 1 is 0.964 bits per heavy atom. The molecule has 3 aromatic rings. The Labute approximate surface area is 324 Å². The molecular formula is C38H46ClN9O7. The molecule has 0 unspecified atom stereocenters. The highest BCUT2D eigenvalue weighted by atomic mass is 35.5. The third-order valence-corrected chi connectivity index (χ3v) is 9.21. The van der Waals surface area contributed by atoms with Crippen molar-refractivity contribution >= 4 is 47.3 Å². The fourth-order valence-electron chi connectivity index (χ4n) is 6.11. The number of hydrogen-bond acceptors (Lipinski definition) is 8. The van der Waals surface area contributed by atoms with Gasteiger partial charge in [-0.1, -0.05) is 73.6 Å². The molecule has 17 heteroatoms. The highest BCUT2D eigenvalue weighted by Crippen LogP contribution is 2.45. The molecule has 1 aliphatic carbocycles. The van der Waals surface area contributed by atoms with Crippen molar-refractivity contribution in [2.75, 3.05) is 31.6 Å². The number of nitrogens with one attached hydrogen (secondary N) is 4. The van der Waals surface area contributed by atoms with E-state index in [-0.39, 0.29) is 45.0 Å². The van der Waals surface area contributed by atoms with Crippen molar-refractivity contribution in [2.45, 2.75) is 64.2 Å². The van der Waals surface area contributed by atoms with E-state index in [1.807, 2.05) is 55.5 Å². The minimum absolute atomic E-state index is 0.0807. The number of urea groups is 1. The Hall–Kier alpha value is -5.99. The molecule has 0 heterocycles. The van der Waals surface area contributed by atoms with Gasteiger partial charge in [0.1, 0.15) is 12.1 Å². The number of rotatable bonds is 18. The maximum atomic E-state index is 13.7. The molecular weight excluding hydrogens is 730 g/mol. The average molecular weight is 776 g/mol. The second-order valence-electron chi connectivity index (χ2n) is 13.0. The van der Waals surface area contributed by atoms with E-state index in [0.29, 0.717) is 17.8 Å². The number of anilines is 1. The van der Waals surface area contributed by atoms with E-state index in [1.165, 1.54) is 0 Å². The topological polar surface area (TPSA) is 230 Å². The fraction of sp³-hybridized carbons (Fsp3) is 0.395. The highest BCUT2D eigenvalue weighted by Gasteiger charge is 2.33. The number of primary amides is 1. The molecule has 292 valence electrons. The molecule has 3 aromatic carbocycles. The maximum Gasteiger partial charge on any atom is 0.411 e. The van der Waals surface area contributed by atoms with Crippen molar-refractivity contribution in [3.05, 3.63) is 99.4 Å². The van der Waals surface area contributed by atoms with E-state index in [2.05, 4.69) is 31.3 Å². The van der Waals surface area contributed by atoms with Gasteiger partial charge in [0.2, 0.25) is 11.8 Å². The van der Waals surface area contributed by atoms with Gasteiger partial charge in [-0.15, -0.1) is 11.6 Å². The Bertz CT molecular complexity index is 1860. The molecule has 0 radical (unpaired) electrons. The van der Waals surface area contributed by atoms with Crippen LogP contribution in [0.25, 0.3) is 21.6 Å². The summed E-state index contributed by atoms with van der Waals surface area (Å²) in [4.78, 5) is 68.6. The van der Waals surface area contributed by atoms with Crippen LogP contribution in [0.3, 0.4) is 0 Å². The van der Waals surface area contributed by atoms with Gasteiger partial charge >= 0.3 is 18.2 Å². The van der Waals surface area contributed by atoms with Crippen molar-refractivity contribution in [3.63, 3.8) is 0 Å². The number of alkyl halides is 1. The van der Waals surface area contributed by atoms with Crippen LogP contribution >= 0.6 is 11.6 Å². The highest BCUT2D eigenvalue weighted by molar-refractivity contribution is 6.17. The molecule has 16 nitrogen and oxygen atoms in total. The number of hydrogen-bond donors (Lipinski definition) is 5. The predicted molar refractivity (Wildman–Crippen MR) is 207 cm³/mol. The first-order chi connectivity index (χ1) is 26.5. The summed E-state index contributed by atoms with van der Waals surface area (Å²) in [5.41, 5.74) is 19.2. The normalized spacial score (nSPS) is 12.6. The number of carbonyl (C=O) groups is 5. The summed E-state index contributed by atoms with van der Waals surface area (Å²) < 4.78 is 11.1. The summed E-state index contributed by atoms with van der Waals surface area (Å²) in [5, 5.41) is 13.8. The van der Waals surface area contributed by atoms with E-state index in [0.717, 1.165) is 27.8 Å². The third-order valence-electron chi connectivity index (χ3n) is 8.93. The number of fused-ring (bicyclic) bond motifs is 3. The van der Waals surface area contributed by atoms with E-state index >= 15 is 0 Å². The Morgan fingerprint density at radius 3 is 2.24 bits per heavy atom. The van der Waals surface area contributed by atoms with Gasteiger partial charge in [0.25, 0.3) is 0 Å². The van der Waals surface area contributed by atoms with Crippen molar-refractivity contribution in [1.82, 2.24) is 20.9 Å². The lowest BCUT2D eigenvalue weighted by Crippen LogP contribution is -2.54. The lowest BCUT2D eigenvalue weighted by atomic mass is 10.0. The lowest BCUT2D eigenvalue weighted by molar-refractivity contribution is -0.128. The van der Waals surface area contributed by atoms with Crippen molar-refractivity contribution < 1.29 is 33.4 Å². The molecule has 6 amide bonds. The monoisotopic (exact) mass is 775 g/mol. The quantitative estimate of drug-likeness (QED) is 0.0335. The zero-order valence-electron chi connectivity index (χ0n) is 30.9. The number of carbonyl (C=O) groups excluding carboxylic acids is 5. The standard InChI is InChI=1S/C38H46ClN9O7/c1-4-48(38(53)55-33-29-12-7-5-10-27(29)28-11-6-8-13-30(28)33)22-25-20-26(16-15-24(25)21-39)44-34(49)31(14-9-17-42-36(40)51)45-35(50)32(23(2)3)46-37(52)54-19-18-43-47-41/h5-8,10-13,15-16,20,23,31-33H,4,9,14,17-19,21-22H2,1-3H3,(H,44,49)(H,45,50)(H,46,52)(H3,40,42,51)/t31-,32-/m0/s1. The van der Waals surface area contributed by atoms with Crippen LogP contribution in [-0.2, 0) is 31.5 Å². The fourth-order valence-corrected chi connectivity index (χ4v) is 6.37. The number of alkyl carbamates (subject to hydrolysis) is 1. The molecule has 0 saturated heterocycles. The van der Waals surface area contributed by atoms with Gasteiger partial charge in [-0.3, -0.25) is 9.59 Å². The summed E-state index contributed by atoms with van der Waals surface area (Å²) in [5.74, 6) is -1.47. The van der Waals surface area contributed by atoms with Gasteiger partial charge in [-0.2, -0.15) is 0 Å². The van der Waals surface area contributed by atoms with Crippen LogP contribution in [0.4, 0.5) is 20.1 Å². The summed E-state index contributed by atoms with van der Waals surface area (Å²) >= 11 is 6.31. The molecule has 0 aromatic heterocycles. The van der Waals surface area contributed by atoms with Gasteiger partial charge < -0.3 is 41.4 Å². The Balaban J connectivity index is 1.48. The van der Waals surface area contributed by atoms with Crippen LogP contribution in [-0.4, -0.2) is 73.3 Å². The van der Waals surface area contributed by atoms with E-state index in [4.69, 9.17) is 32.3 Å². The molecule has 1 aliphatic rings. The first-order valence-electron chi connectivity index (χ1n) is 17.9. The third kappa shape index (κ3) is 11.5. The zero-order valence-corrected chi connectivity index (χ0v) is 31.7. The number of amides is 6. The van der Waals surface area contributed by atoms with Crippen LogP contribution < -0.4 is 27.0 Å². The van der Waals surface area contributed by atoms with Crippen molar-refractivity contribution in [1.29, 1.82) is 0 Å². The molecule has 4 rings (SSSR count). The lowest BCUT2D eigenvalue weighted by Gasteiger charge is -2.26. The van der Waals surface area contributed by atoms with Crippen molar-refractivity contribution in [2.24, 2.45) is 16.8 Å². The minimum Gasteiger partial charge on any atom is -0.449 e. The van der Waals surface area contributed by atoms with Gasteiger partial charge in [0.05, 0.1) is 13.2 Å². The van der Waals surface area contributed by atoms with Crippen LogP contribution in [0.15, 0.2) is 71.8 Å². The maximum absolute atomic E-state index is 13.7. The number of nitrogens with zero attached hydrogens (tertiary/aromatic N) is 4. The molecule has 0 aliphatic heterocycles. The number of azide groups is 1. The Kier molecular flexibility index (Phi) is 15.5. The minimum atomic E-state index is -1.10. The second-order valence-corrected chi connectivity index (χ2v) is 13.3. The molecule has 0 fully saturated rings. The SMILES string of the molecule is CCN(Cc1cc(NC(=O)[C@H](CCCNC(N)=O)NC(=O)[C@@H](NC(=O)OCCN=[N+]=[N-])C(C)C)ccc1CCl)C(=O)OC1c2ccccc2-c2ccccc21. The molecule has 0 bridgehead atoms. The summed E-state index contributed by atoms with van der Waals surface area (Å²) in [6, 6.07) is 17.9. The Morgan fingerprint density at radius 2 is 1.64 bits per heavy atom. The summed E-state index contributed by atoms with van der Waals surface area (Å²) in [7, 11) is 0. The van der Waals surface area contributed by atoms with Gasteiger partial charge in [0, 0.05) is 47.2 Å². The summed E-state index contributed by atoms with van der Waals surface area (Å²) in [6.07, 6.45) is -1.60. The van der Waals surface area contributed by atoms with Gasteiger partial charge in [-0.05, 0) is 65.6 Å². The molecule has 6 N–H and O–H groups in total. The average Bonchev–Trinajstić information content (AvgIpc) is 3.48. The second kappa shape index (κ2) is 20.5. The molecule has 0 saturated carbocycles. The van der Waals surface area contributed by atoms with Gasteiger partial charge in [-0.25, -0.2) is 14.4 Å². The molecule has 2 atom stereocenters. The van der Waals surface area contributed by atoms with Crippen LogP contribution in [0.1, 0.15) is 62.0 Å². The number of ether oxygens (including phenoxy) is 2. The van der Waals surface area contributed by atoms with Crippen LogP contribution in [0.5, 0.6) is 0 Å².